The summed E-state index contributed by atoms with van der Waals surface area (Å²) in [5.74, 6) is 0.632. The van der Waals surface area contributed by atoms with Crippen molar-refractivity contribution in [3.05, 3.63) is 0 Å². The Bertz CT molecular complexity index is 156. The number of hydrogen-bond acceptors (Lipinski definition) is 3. The van der Waals surface area contributed by atoms with Crippen molar-refractivity contribution in [3.8, 4) is 0 Å². The average Bonchev–Trinajstić information content (AvgIpc) is 2.66. The van der Waals surface area contributed by atoms with E-state index in [-0.39, 0.29) is 6.10 Å². The molecule has 1 aliphatic carbocycles. The largest absolute Gasteiger partial charge is 0.389 e. The van der Waals surface area contributed by atoms with Gasteiger partial charge in [-0.05, 0) is 25.3 Å². The fourth-order valence-corrected chi connectivity index (χ4v) is 1.90. The Balaban J connectivity index is 1.95. The summed E-state index contributed by atoms with van der Waals surface area (Å²) in [7, 11) is 0. The van der Waals surface area contributed by atoms with Gasteiger partial charge < -0.3 is 15.2 Å². The third-order valence-corrected chi connectivity index (χ3v) is 2.76. The fraction of sp³-hybridized carbons (Fsp3) is 1.00. The van der Waals surface area contributed by atoms with Crippen LogP contribution in [0.15, 0.2) is 0 Å². The zero-order valence-electron chi connectivity index (χ0n) is 10.0. The van der Waals surface area contributed by atoms with Crippen molar-refractivity contribution in [1.82, 2.24) is 5.32 Å². The van der Waals surface area contributed by atoms with E-state index < -0.39 is 0 Å². The topological polar surface area (TPSA) is 41.5 Å². The molecule has 0 aromatic heterocycles. The first-order chi connectivity index (χ1) is 7.18. The summed E-state index contributed by atoms with van der Waals surface area (Å²) in [6.07, 6.45) is 4.96. The standard InChI is InChI=1S/C12H25NO2/c1-10(2)7-13-8-11(14)9-15-12-5-3-4-6-12/h10-14H,3-9H2,1-2H3/t11-/m1/s1. The third kappa shape index (κ3) is 6.13. The number of ether oxygens (including phenoxy) is 1. The van der Waals surface area contributed by atoms with Crippen molar-refractivity contribution >= 4 is 0 Å². The van der Waals surface area contributed by atoms with E-state index in [2.05, 4.69) is 19.2 Å². The lowest BCUT2D eigenvalue weighted by molar-refractivity contribution is -0.00553. The molecule has 0 unspecified atom stereocenters. The van der Waals surface area contributed by atoms with Crippen molar-refractivity contribution in [3.63, 3.8) is 0 Å². The van der Waals surface area contributed by atoms with Gasteiger partial charge in [0.15, 0.2) is 0 Å². The molecule has 0 aliphatic heterocycles. The molecule has 0 bridgehead atoms. The van der Waals surface area contributed by atoms with Gasteiger partial charge in [0.05, 0.1) is 18.8 Å². The molecule has 1 saturated carbocycles. The number of rotatable bonds is 7. The van der Waals surface area contributed by atoms with Gasteiger partial charge >= 0.3 is 0 Å². The Morgan fingerprint density at radius 2 is 1.93 bits per heavy atom. The monoisotopic (exact) mass is 215 g/mol. The van der Waals surface area contributed by atoms with Crippen molar-refractivity contribution in [2.45, 2.75) is 51.7 Å². The van der Waals surface area contributed by atoms with Crippen LogP contribution < -0.4 is 5.32 Å². The van der Waals surface area contributed by atoms with E-state index in [0.29, 0.717) is 25.2 Å². The smallest absolute Gasteiger partial charge is 0.0897 e. The van der Waals surface area contributed by atoms with Gasteiger partial charge in [-0.25, -0.2) is 0 Å². The molecule has 3 nitrogen and oxygen atoms in total. The molecule has 3 heteroatoms. The van der Waals surface area contributed by atoms with Crippen LogP contribution >= 0.6 is 0 Å². The predicted octanol–water partition coefficient (Wildman–Crippen LogP) is 1.55. The van der Waals surface area contributed by atoms with E-state index in [9.17, 15) is 5.11 Å². The maximum atomic E-state index is 9.63. The van der Waals surface area contributed by atoms with Gasteiger partial charge in [-0.15, -0.1) is 0 Å². The molecule has 0 amide bonds. The molecular formula is C12H25NO2. The second-order valence-electron chi connectivity index (χ2n) is 4.95. The first-order valence-corrected chi connectivity index (χ1v) is 6.19. The first kappa shape index (κ1) is 12.9. The molecule has 2 N–H and O–H groups in total. The van der Waals surface area contributed by atoms with Gasteiger partial charge in [-0.3, -0.25) is 0 Å². The minimum Gasteiger partial charge on any atom is -0.389 e. The summed E-state index contributed by atoms with van der Waals surface area (Å²) in [5, 5.41) is 12.9. The SMILES string of the molecule is CC(C)CNC[C@@H](O)COC1CCCC1. The summed E-state index contributed by atoms with van der Waals surface area (Å²) in [4.78, 5) is 0. The van der Waals surface area contributed by atoms with E-state index in [1.165, 1.54) is 25.7 Å². The highest BCUT2D eigenvalue weighted by atomic mass is 16.5. The van der Waals surface area contributed by atoms with E-state index in [1.54, 1.807) is 0 Å². The van der Waals surface area contributed by atoms with Crippen LogP contribution in [-0.4, -0.2) is 37.0 Å². The van der Waals surface area contributed by atoms with Crippen LogP contribution in [0, 0.1) is 5.92 Å². The van der Waals surface area contributed by atoms with Crippen LogP contribution in [0.4, 0.5) is 0 Å². The first-order valence-electron chi connectivity index (χ1n) is 6.19. The van der Waals surface area contributed by atoms with Crippen molar-refractivity contribution in [2.24, 2.45) is 5.92 Å². The van der Waals surface area contributed by atoms with E-state index >= 15 is 0 Å². The van der Waals surface area contributed by atoms with E-state index in [1.807, 2.05) is 0 Å². The lowest BCUT2D eigenvalue weighted by Gasteiger charge is -2.16. The molecule has 0 saturated heterocycles. The Hall–Kier alpha value is -0.120. The zero-order valence-corrected chi connectivity index (χ0v) is 10.0. The highest BCUT2D eigenvalue weighted by Gasteiger charge is 2.16. The van der Waals surface area contributed by atoms with Gasteiger partial charge in [-0.1, -0.05) is 26.7 Å². The molecule has 0 aromatic rings. The second kappa shape index (κ2) is 7.20. The van der Waals surface area contributed by atoms with Gasteiger partial charge in [0, 0.05) is 6.54 Å². The van der Waals surface area contributed by atoms with Crippen LogP contribution in [0.3, 0.4) is 0 Å². The number of nitrogens with one attached hydrogen (secondary N) is 1. The zero-order chi connectivity index (χ0) is 11.1. The Morgan fingerprint density at radius 1 is 1.27 bits per heavy atom. The molecule has 0 heterocycles. The molecule has 0 aromatic carbocycles. The van der Waals surface area contributed by atoms with Crippen LogP contribution in [0.2, 0.25) is 0 Å². The van der Waals surface area contributed by atoms with Crippen LogP contribution in [0.5, 0.6) is 0 Å². The molecule has 1 fully saturated rings. The highest BCUT2D eigenvalue weighted by molar-refractivity contribution is 4.68. The third-order valence-electron chi connectivity index (χ3n) is 2.76. The number of hydrogen-bond donors (Lipinski definition) is 2. The summed E-state index contributed by atoms with van der Waals surface area (Å²) in [6.45, 7) is 6.41. The Kier molecular flexibility index (Phi) is 6.22. The van der Waals surface area contributed by atoms with Crippen molar-refractivity contribution in [2.75, 3.05) is 19.7 Å². The molecular weight excluding hydrogens is 190 g/mol. The fourth-order valence-electron chi connectivity index (χ4n) is 1.90. The maximum Gasteiger partial charge on any atom is 0.0897 e. The van der Waals surface area contributed by atoms with Gasteiger partial charge in [0.2, 0.25) is 0 Å². The molecule has 1 atom stereocenters. The predicted molar refractivity (Wildman–Crippen MR) is 61.9 cm³/mol. The minimum absolute atomic E-state index is 0.357. The van der Waals surface area contributed by atoms with Crippen molar-refractivity contribution in [1.29, 1.82) is 0 Å². The molecule has 1 rings (SSSR count). The van der Waals surface area contributed by atoms with E-state index in [0.717, 1.165) is 6.54 Å². The summed E-state index contributed by atoms with van der Waals surface area (Å²) >= 11 is 0. The Labute approximate surface area is 93.2 Å². The molecule has 90 valence electrons. The second-order valence-corrected chi connectivity index (χ2v) is 4.95. The molecule has 0 radical (unpaired) electrons. The minimum atomic E-state index is -0.357. The van der Waals surface area contributed by atoms with Gasteiger partial charge in [0.25, 0.3) is 0 Å². The lowest BCUT2D eigenvalue weighted by Crippen LogP contribution is -2.33. The van der Waals surface area contributed by atoms with Gasteiger partial charge in [-0.2, -0.15) is 0 Å². The summed E-state index contributed by atoms with van der Waals surface area (Å²) in [6, 6.07) is 0. The van der Waals surface area contributed by atoms with Crippen LogP contribution in [0.1, 0.15) is 39.5 Å². The quantitative estimate of drug-likeness (QED) is 0.677. The van der Waals surface area contributed by atoms with Crippen molar-refractivity contribution < 1.29 is 9.84 Å². The van der Waals surface area contributed by atoms with E-state index in [4.69, 9.17) is 4.74 Å². The van der Waals surface area contributed by atoms with Crippen LogP contribution in [-0.2, 0) is 4.74 Å². The number of aliphatic hydroxyl groups is 1. The molecule has 15 heavy (non-hydrogen) atoms. The van der Waals surface area contributed by atoms with Crippen LogP contribution in [0.25, 0.3) is 0 Å². The normalized spacial score (nSPS) is 20.0. The molecule has 1 aliphatic rings. The number of aliphatic hydroxyl groups excluding tert-OH is 1. The summed E-state index contributed by atoms with van der Waals surface area (Å²) < 4.78 is 5.63. The summed E-state index contributed by atoms with van der Waals surface area (Å²) in [5.41, 5.74) is 0. The average molecular weight is 215 g/mol. The molecule has 0 spiro atoms. The Morgan fingerprint density at radius 3 is 2.53 bits per heavy atom. The lowest BCUT2D eigenvalue weighted by atomic mass is 10.2. The van der Waals surface area contributed by atoms with Gasteiger partial charge in [0.1, 0.15) is 0 Å². The highest BCUT2D eigenvalue weighted by Crippen LogP contribution is 2.20. The maximum absolute atomic E-state index is 9.63.